The standard InChI is InChI=1S/C40H47N3/c1-41-19-13-29(14-20-41)30-8-6-9-31(25-30)36-27-34-12-11-33(28-38(34)40(36)17-23-43(3)24-18-40)37-26-32-7-4-5-10-35(32)39(37)15-21-42(2)22-16-39/h4-13,25-26,28,36H,14-24,27H2,1-3H3. The predicted molar refractivity (Wildman–Crippen MR) is 181 cm³/mol. The summed E-state index contributed by atoms with van der Waals surface area (Å²) in [5, 5.41) is 0. The van der Waals surface area contributed by atoms with Gasteiger partial charge < -0.3 is 14.7 Å². The van der Waals surface area contributed by atoms with Crippen molar-refractivity contribution >= 4 is 17.2 Å². The third-order valence-corrected chi connectivity index (χ3v) is 12.1. The van der Waals surface area contributed by atoms with Crippen LogP contribution in [-0.4, -0.2) is 75.1 Å². The largest absolute Gasteiger partial charge is 0.306 e. The fourth-order valence-corrected chi connectivity index (χ4v) is 9.44. The van der Waals surface area contributed by atoms with Crippen LogP contribution < -0.4 is 0 Å². The molecular formula is C40H47N3. The molecular weight excluding hydrogens is 522 g/mol. The second kappa shape index (κ2) is 10.6. The molecule has 222 valence electrons. The number of likely N-dealkylation sites (tertiary alicyclic amines) is 2. The number of benzene rings is 3. The number of nitrogens with zero attached hydrogens (tertiary/aromatic N) is 3. The van der Waals surface area contributed by atoms with Gasteiger partial charge in [-0.3, -0.25) is 0 Å². The highest BCUT2D eigenvalue weighted by molar-refractivity contribution is 5.94. The number of fused-ring (bicyclic) bond motifs is 4. The van der Waals surface area contributed by atoms with Crippen molar-refractivity contribution in [3.05, 3.63) is 112 Å². The lowest BCUT2D eigenvalue weighted by Gasteiger charge is -2.44. The van der Waals surface area contributed by atoms with E-state index < -0.39 is 0 Å². The van der Waals surface area contributed by atoms with E-state index in [9.17, 15) is 0 Å². The molecule has 2 spiro atoms. The van der Waals surface area contributed by atoms with Crippen molar-refractivity contribution in [3.63, 3.8) is 0 Å². The lowest BCUT2D eigenvalue weighted by molar-refractivity contribution is 0.171. The van der Waals surface area contributed by atoms with Gasteiger partial charge in [0.15, 0.2) is 0 Å². The molecule has 3 aromatic rings. The van der Waals surface area contributed by atoms with E-state index in [0.717, 1.165) is 32.6 Å². The van der Waals surface area contributed by atoms with E-state index in [1.54, 1.807) is 27.8 Å². The van der Waals surface area contributed by atoms with E-state index in [2.05, 4.69) is 115 Å². The second-order valence-electron chi connectivity index (χ2n) is 14.5. The Hall–Kier alpha value is -2.98. The summed E-state index contributed by atoms with van der Waals surface area (Å²) in [6.45, 7) is 6.91. The van der Waals surface area contributed by atoms with Crippen LogP contribution >= 0.6 is 0 Å². The Balaban J connectivity index is 1.20. The average molecular weight is 570 g/mol. The van der Waals surface area contributed by atoms with Gasteiger partial charge in [0.25, 0.3) is 0 Å². The van der Waals surface area contributed by atoms with Crippen molar-refractivity contribution in [1.29, 1.82) is 0 Å². The van der Waals surface area contributed by atoms with Gasteiger partial charge in [-0.15, -0.1) is 0 Å². The summed E-state index contributed by atoms with van der Waals surface area (Å²) in [5.74, 6) is 0.547. The van der Waals surface area contributed by atoms with Gasteiger partial charge in [-0.05, 0) is 148 Å². The Labute approximate surface area is 258 Å². The smallest absolute Gasteiger partial charge is 0.0239 e. The average Bonchev–Trinajstić information content (AvgIpc) is 3.53. The first-order valence-corrected chi connectivity index (χ1v) is 16.8. The monoisotopic (exact) mass is 569 g/mol. The van der Waals surface area contributed by atoms with Crippen LogP contribution in [0.3, 0.4) is 0 Å². The summed E-state index contributed by atoms with van der Waals surface area (Å²) in [7, 11) is 6.83. The Morgan fingerprint density at radius 1 is 0.674 bits per heavy atom. The number of hydrogen-bond acceptors (Lipinski definition) is 3. The maximum absolute atomic E-state index is 2.68. The first kappa shape index (κ1) is 27.6. The van der Waals surface area contributed by atoms with Crippen molar-refractivity contribution in [2.45, 2.75) is 55.3 Å². The zero-order chi connectivity index (χ0) is 29.2. The first-order valence-electron chi connectivity index (χ1n) is 16.8. The molecule has 0 aromatic heterocycles. The third kappa shape index (κ3) is 4.50. The van der Waals surface area contributed by atoms with E-state index in [1.165, 1.54) is 67.5 Å². The molecule has 3 heteroatoms. The van der Waals surface area contributed by atoms with E-state index in [4.69, 9.17) is 0 Å². The number of rotatable bonds is 3. The molecule has 3 nitrogen and oxygen atoms in total. The number of allylic oxidation sites excluding steroid dienone is 1. The third-order valence-electron chi connectivity index (χ3n) is 12.1. The van der Waals surface area contributed by atoms with E-state index in [1.807, 2.05) is 0 Å². The van der Waals surface area contributed by atoms with Crippen molar-refractivity contribution in [1.82, 2.24) is 14.7 Å². The van der Waals surface area contributed by atoms with Crippen LogP contribution in [0.4, 0.5) is 0 Å². The summed E-state index contributed by atoms with van der Waals surface area (Å²) in [6, 6.07) is 26.6. The number of hydrogen-bond donors (Lipinski definition) is 0. The van der Waals surface area contributed by atoms with Crippen molar-refractivity contribution in [2.24, 2.45) is 0 Å². The minimum absolute atomic E-state index is 0.144. The molecule has 1 unspecified atom stereocenters. The Bertz CT molecular complexity index is 1600. The molecule has 3 aliphatic heterocycles. The molecule has 2 fully saturated rings. The molecule has 5 aliphatic rings. The van der Waals surface area contributed by atoms with Crippen molar-refractivity contribution in [2.75, 3.05) is 60.4 Å². The zero-order valence-electron chi connectivity index (χ0n) is 26.4. The zero-order valence-corrected chi connectivity index (χ0v) is 26.4. The Morgan fingerprint density at radius 2 is 1.44 bits per heavy atom. The summed E-state index contributed by atoms with van der Waals surface area (Å²) in [5.41, 5.74) is 14.2. The second-order valence-corrected chi connectivity index (χ2v) is 14.5. The molecule has 8 rings (SSSR count). The fraction of sp³-hybridized carbons (Fsp3) is 0.450. The van der Waals surface area contributed by atoms with Gasteiger partial charge in [-0.1, -0.05) is 72.8 Å². The minimum atomic E-state index is 0.144. The highest BCUT2D eigenvalue weighted by Gasteiger charge is 2.50. The van der Waals surface area contributed by atoms with Crippen molar-refractivity contribution in [3.8, 4) is 0 Å². The van der Waals surface area contributed by atoms with E-state index in [-0.39, 0.29) is 10.8 Å². The summed E-state index contributed by atoms with van der Waals surface area (Å²) >= 11 is 0. The summed E-state index contributed by atoms with van der Waals surface area (Å²) in [6.07, 6.45) is 12.2. The lowest BCUT2D eigenvalue weighted by atomic mass is 9.65. The van der Waals surface area contributed by atoms with E-state index in [0.29, 0.717) is 5.92 Å². The molecule has 2 saturated heterocycles. The van der Waals surface area contributed by atoms with Crippen LogP contribution in [0.2, 0.25) is 0 Å². The molecule has 0 saturated carbocycles. The molecule has 1 atom stereocenters. The lowest BCUT2D eigenvalue weighted by Crippen LogP contribution is -2.43. The van der Waals surface area contributed by atoms with Gasteiger partial charge in [0.05, 0.1) is 0 Å². The molecule has 0 radical (unpaired) electrons. The molecule has 43 heavy (non-hydrogen) atoms. The van der Waals surface area contributed by atoms with Crippen LogP contribution in [0.25, 0.3) is 17.2 Å². The molecule has 3 aromatic carbocycles. The topological polar surface area (TPSA) is 9.72 Å². The van der Waals surface area contributed by atoms with Crippen molar-refractivity contribution < 1.29 is 0 Å². The van der Waals surface area contributed by atoms with Gasteiger partial charge in [-0.2, -0.15) is 0 Å². The van der Waals surface area contributed by atoms with Crippen LogP contribution in [0.5, 0.6) is 0 Å². The maximum Gasteiger partial charge on any atom is 0.0239 e. The molecule has 2 aliphatic carbocycles. The van der Waals surface area contributed by atoms with Gasteiger partial charge >= 0.3 is 0 Å². The molecule has 0 amide bonds. The first-order chi connectivity index (χ1) is 20.9. The Morgan fingerprint density at radius 3 is 2.21 bits per heavy atom. The summed E-state index contributed by atoms with van der Waals surface area (Å²) in [4.78, 5) is 7.48. The molecule has 3 heterocycles. The van der Waals surface area contributed by atoms with Gasteiger partial charge in [-0.25, -0.2) is 0 Å². The van der Waals surface area contributed by atoms with Crippen LogP contribution in [0.1, 0.15) is 77.0 Å². The molecule has 0 N–H and O–H groups in total. The summed E-state index contributed by atoms with van der Waals surface area (Å²) < 4.78 is 0. The van der Waals surface area contributed by atoms with Crippen LogP contribution in [0, 0.1) is 0 Å². The highest BCUT2D eigenvalue weighted by atomic mass is 15.1. The predicted octanol–water partition coefficient (Wildman–Crippen LogP) is 7.23. The maximum atomic E-state index is 2.68. The number of likely N-dealkylation sites (N-methyl/N-ethyl adjacent to an activating group) is 1. The SMILES string of the molecule is CN1CC=C(c2cccc(C3Cc4ccc(C5=Cc6ccccc6C56CCN(C)CC6)cc4C34CCN(C)CC4)c2)CC1. The molecule has 0 bridgehead atoms. The van der Waals surface area contributed by atoms with E-state index >= 15 is 0 Å². The van der Waals surface area contributed by atoms with Crippen LogP contribution in [-0.2, 0) is 17.3 Å². The quantitative estimate of drug-likeness (QED) is 0.330. The minimum Gasteiger partial charge on any atom is -0.306 e. The highest BCUT2D eigenvalue weighted by Crippen LogP contribution is 2.57. The fourth-order valence-electron chi connectivity index (χ4n) is 9.44. The van der Waals surface area contributed by atoms with Gasteiger partial charge in [0.2, 0.25) is 0 Å². The van der Waals surface area contributed by atoms with Crippen LogP contribution in [0.15, 0.2) is 72.8 Å². The number of piperidine rings is 2. The van der Waals surface area contributed by atoms with Gasteiger partial charge in [0, 0.05) is 23.9 Å². The van der Waals surface area contributed by atoms with Gasteiger partial charge in [0.1, 0.15) is 0 Å². The normalized spacial score (nSPS) is 25.0. The Kier molecular flexibility index (Phi) is 6.78.